The Labute approximate surface area is 131 Å². The quantitative estimate of drug-likeness (QED) is 0.798. The molecule has 1 saturated carbocycles. The van der Waals surface area contributed by atoms with E-state index in [1.807, 2.05) is 6.92 Å². The molecule has 0 saturated heterocycles. The van der Waals surface area contributed by atoms with Gasteiger partial charge in [0.05, 0.1) is 4.90 Å². The first-order valence-corrected chi connectivity index (χ1v) is 10.1. The third kappa shape index (κ3) is 7.69. The molecule has 1 aromatic carbocycles. The summed E-state index contributed by atoms with van der Waals surface area (Å²) in [6.07, 6.45) is 5.01. The van der Waals surface area contributed by atoms with E-state index in [1.54, 1.807) is 18.2 Å². The maximum Gasteiger partial charge on any atom is 0.294 e. The Morgan fingerprint density at radius 1 is 1.18 bits per heavy atom. The standard InChI is InChI=1S/C7H13NO2S.C7H8O3S/c1-11(9,10)5-4-7(8)6-2-3-6;1-6-2-4-7(5-3-6)11(8,9)10/h4-7H,2-3,8H2,1H3;2-5H,1H3,(H,8,9,10)/b5-4+;. The first kappa shape index (κ1) is 18.8. The minimum Gasteiger partial charge on any atom is -0.324 e. The van der Waals surface area contributed by atoms with Crippen LogP contribution in [0.15, 0.2) is 40.6 Å². The van der Waals surface area contributed by atoms with Gasteiger partial charge in [-0.05, 0) is 37.8 Å². The van der Waals surface area contributed by atoms with E-state index in [2.05, 4.69) is 0 Å². The van der Waals surface area contributed by atoms with E-state index >= 15 is 0 Å². The molecule has 0 aromatic heterocycles. The van der Waals surface area contributed by atoms with Crippen LogP contribution in [0, 0.1) is 12.8 Å². The molecular weight excluding hydrogens is 326 g/mol. The maximum absolute atomic E-state index is 10.6. The van der Waals surface area contributed by atoms with Gasteiger partial charge in [-0.1, -0.05) is 23.8 Å². The minimum absolute atomic E-state index is 0.0651. The Hall–Kier alpha value is -1.22. The number of hydrogen-bond donors (Lipinski definition) is 2. The van der Waals surface area contributed by atoms with Crippen LogP contribution in [0.5, 0.6) is 0 Å². The van der Waals surface area contributed by atoms with Crippen molar-refractivity contribution in [2.24, 2.45) is 11.7 Å². The van der Waals surface area contributed by atoms with Crippen molar-refractivity contribution in [3.05, 3.63) is 41.3 Å². The first-order chi connectivity index (χ1) is 9.99. The molecule has 3 N–H and O–H groups in total. The molecule has 1 aliphatic carbocycles. The minimum atomic E-state index is -4.02. The van der Waals surface area contributed by atoms with Gasteiger partial charge in [0.25, 0.3) is 10.1 Å². The molecule has 2 rings (SSSR count). The zero-order chi connectivity index (χ0) is 17.0. The van der Waals surface area contributed by atoms with E-state index in [9.17, 15) is 16.8 Å². The van der Waals surface area contributed by atoms with Crippen LogP contribution in [0.25, 0.3) is 0 Å². The van der Waals surface area contributed by atoms with Crippen molar-refractivity contribution < 1.29 is 21.4 Å². The van der Waals surface area contributed by atoms with Gasteiger partial charge >= 0.3 is 0 Å². The van der Waals surface area contributed by atoms with Crippen LogP contribution >= 0.6 is 0 Å². The summed E-state index contributed by atoms with van der Waals surface area (Å²) < 4.78 is 50.8. The zero-order valence-corrected chi connectivity index (χ0v) is 14.1. The predicted octanol–water partition coefficient (Wildman–Crippen LogP) is 1.52. The summed E-state index contributed by atoms with van der Waals surface area (Å²) in [7, 11) is -7.01. The Kier molecular flexibility index (Phi) is 6.30. The van der Waals surface area contributed by atoms with Crippen LogP contribution < -0.4 is 5.73 Å². The summed E-state index contributed by atoms with van der Waals surface area (Å²) in [5.74, 6) is 0.521. The van der Waals surface area contributed by atoms with Crippen LogP contribution in [0.4, 0.5) is 0 Å². The van der Waals surface area contributed by atoms with E-state index in [1.165, 1.54) is 23.8 Å². The van der Waals surface area contributed by atoms with Gasteiger partial charge in [-0.15, -0.1) is 0 Å². The lowest BCUT2D eigenvalue weighted by molar-refractivity contribution is 0.483. The highest BCUT2D eigenvalue weighted by Crippen LogP contribution is 2.31. The summed E-state index contributed by atoms with van der Waals surface area (Å²) >= 11 is 0. The van der Waals surface area contributed by atoms with Crippen molar-refractivity contribution in [3.8, 4) is 0 Å². The lowest BCUT2D eigenvalue weighted by Gasteiger charge is -2.00. The molecule has 0 bridgehead atoms. The average molecular weight is 347 g/mol. The molecule has 124 valence electrons. The van der Waals surface area contributed by atoms with E-state index in [0.29, 0.717) is 5.92 Å². The molecular formula is C14H21NO5S2. The number of aryl methyl sites for hydroxylation is 1. The summed E-state index contributed by atoms with van der Waals surface area (Å²) in [6, 6.07) is 5.92. The van der Waals surface area contributed by atoms with E-state index < -0.39 is 20.0 Å². The number of nitrogens with two attached hydrogens (primary N) is 1. The summed E-state index contributed by atoms with van der Waals surface area (Å²) in [5, 5.41) is 1.19. The fourth-order valence-corrected chi connectivity index (χ4v) is 2.53. The van der Waals surface area contributed by atoms with Gasteiger partial charge in [0.2, 0.25) is 0 Å². The SMILES string of the molecule is CS(=O)(=O)/C=C/C(N)C1CC1.Cc1ccc(S(=O)(=O)O)cc1. The van der Waals surface area contributed by atoms with Crippen LogP contribution in [-0.2, 0) is 20.0 Å². The van der Waals surface area contributed by atoms with Gasteiger partial charge in [0.15, 0.2) is 9.84 Å². The van der Waals surface area contributed by atoms with Gasteiger partial charge in [0.1, 0.15) is 0 Å². The molecule has 1 atom stereocenters. The van der Waals surface area contributed by atoms with E-state index in [-0.39, 0.29) is 10.9 Å². The largest absolute Gasteiger partial charge is 0.324 e. The van der Waals surface area contributed by atoms with Crippen molar-refractivity contribution in [1.82, 2.24) is 0 Å². The zero-order valence-electron chi connectivity index (χ0n) is 12.5. The second-order valence-electron chi connectivity index (χ2n) is 5.36. The highest BCUT2D eigenvalue weighted by molar-refractivity contribution is 7.93. The maximum atomic E-state index is 10.6. The molecule has 0 heterocycles. The fraction of sp³-hybridized carbons (Fsp3) is 0.429. The van der Waals surface area contributed by atoms with Gasteiger partial charge in [0, 0.05) is 17.7 Å². The Morgan fingerprint density at radius 2 is 1.68 bits per heavy atom. The van der Waals surface area contributed by atoms with Crippen LogP contribution in [0.1, 0.15) is 18.4 Å². The number of rotatable bonds is 4. The monoisotopic (exact) mass is 347 g/mol. The molecule has 6 nitrogen and oxygen atoms in total. The van der Waals surface area contributed by atoms with Gasteiger partial charge in [-0.3, -0.25) is 4.55 Å². The van der Waals surface area contributed by atoms with Crippen LogP contribution in [0.3, 0.4) is 0 Å². The van der Waals surface area contributed by atoms with Crippen molar-refractivity contribution in [2.45, 2.75) is 30.7 Å². The second-order valence-corrected chi connectivity index (χ2v) is 8.71. The molecule has 1 unspecified atom stereocenters. The van der Waals surface area contributed by atoms with Crippen molar-refractivity contribution in [1.29, 1.82) is 0 Å². The molecule has 0 radical (unpaired) electrons. The lowest BCUT2D eigenvalue weighted by Crippen LogP contribution is -2.19. The van der Waals surface area contributed by atoms with Gasteiger partial charge in [-0.2, -0.15) is 8.42 Å². The highest BCUT2D eigenvalue weighted by atomic mass is 32.2. The van der Waals surface area contributed by atoms with Crippen LogP contribution in [-0.4, -0.2) is 33.7 Å². The first-order valence-electron chi connectivity index (χ1n) is 6.67. The van der Waals surface area contributed by atoms with E-state index in [0.717, 1.165) is 18.4 Å². The third-order valence-corrected chi connectivity index (χ3v) is 4.55. The number of benzene rings is 1. The second kappa shape index (κ2) is 7.36. The smallest absolute Gasteiger partial charge is 0.294 e. The average Bonchev–Trinajstić information content (AvgIpc) is 3.19. The fourth-order valence-electron chi connectivity index (χ4n) is 1.58. The van der Waals surface area contributed by atoms with Gasteiger partial charge < -0.3 is 5.73 Å². The molecule has 1 fully saturated rings. The van der Waals surface area contributed by atoms with E-state index in [4.69, 9.17) is 10.3 Å². The molecule has 1 aliphatic rings. The molecule has 0 aliphatic heterocycles. The normalized spacial score (nSPS) is 16.9. The Bertz CT molecular complexity index is 717. The summed E-state index contributed by atoms with van der Waals surface area (Å²) in [6.45, 7) is 1.84. The number of sulfone groups is 1. The Morgan fingerprint density at radius 3 is 2.05 bits per heavy atom. The molecule has 0 amide bonds. The molecule has 0 spiro atoms. The Balaban J connectivity index is 0.000000220. The summed E-state index contributed by atoms with van der Waals surface area (Å²) in [4.78, 5) is -0.0666. The third-order valence-electron chi connectivity index (χ3n) is 3.03. The number of hydrogen-bond acceptors (Lipinski definition) is 5. The van der Waals surface area contributed by atoms with Crippen molar-refractivity contribution in [3.63, 3.8) is 0 Å². The molecule has 8 heteroatoms. The van der Waals surface area contributed by atoms with Crippen LogP contribution in [0.2, 0.25) is 0 Å². The highest BCUT2D eigenvalue weighted by Gasteiger charge is 2.26. The predicted molar refractivity (Wildman–Crippen MR) is 85.7 cm³/mol. The van der Waals surface area contributed by atoms with Gasteiger partial charge in [-0.25, -0.2) is 8.42 Å². The lowest BCUT2D eigenvalue weighted by atomic mass is 10.2. The molecule has 1 aromatic rings. The summed E-state index contributed by atoms with van der Waals surface area (Å²) in [5.41, 5.74) is 6.59. The van der Waals surface area contributed by atoms with Crippen molar-refractivity contribution >= 4 is 20.0 Å². The molecule has 22 heavy (non-hydrogen) atoms. The van der Waals surface area contributed by atoms with Crippen molar-refractivity contribution in [2.75, 3.05) is 6.26 Å². The topological polar surface area (TPSA) is 115 Å².